The lowest BCUT2D eigenvalue weighted by atomic mass is 10.1. The first kappa shape index (κ1) is 16.5. The van der Waals surface area contributed by atoms with Crippen molar-refractivity contribution in [3.63, 3.8) is 0 Å². The van der Waals surface area contributed by atoms with Crippen LogP contribution in [0.1, 0.15) is 10.4 Å². The molecule has 0 atom stereocenters. The minimum Gasteiger partial charge on any atom is -0.495 e. The molecule has 0 aliphatic rings. The third-order valence-electron chi connectivity index (χ3n) is 3.38. The van der Waals surface area contributed by atoms with Crippen molar-refractivity contribution in [2.24, 2.45) is 0 Å². The quantitative estimate of drug-likeness (QED) is 0.667. The van der Waals surface area contributed by atoms with Crippen molar-refractivity contribution in [1.29, 1.82) is 5.41 Å². The Hall–Kier alpha value is -2.31. The topological polar surface area (TPSA) is 75.3 Å². The van der Waals surface area contributed by atoms with Gasteiger partial charge in [-0.25, -0.2) is 0 Å². The van der Waals surface area contributed by atoms with Crippen molar-refractivity contribution in [1.82, 2.24) is 0 Å². The Morgan fingerprint density at radius 1 is 1.25 bits per heavy atom. The zero-order valence-electron chi connectivity index (χ0n) is 12.5. The number of benzene rings is 2. The van der Waals surface area contributed by atoms with Crippen molar-refractivity contribution in [3.8, 4) is 5.75 Å². The van der Waals surface area contributed by atoms with Crippen LogP contribution in [0.25, 0.3) is 11.0 Å². The summed E-state index contributed by atoms with van der Waals surface area (Å²) in [5, 5.41) is 11.8. The van der Waals surface area contributed by atoms with Crippen LogP contribution in [0, 0.1) is 5.41 Å². The number of methoxy groups -OCH3 is 1. The van der Waals surface area contributed by atoms with Gasteiger partial charge in [0.25, 0.3) is 5.91 Å². The number of fused-ring (bicyclic) bond motifs is 1. The number of halogens is 2. The summed E-state index contributed by atoms with van der Waals surface area (Å²) in [6.45, 7) is 0. The molecule has 3 aromatic rings. The van der Waals surface area contributed by atoms with Gasteiger partial charge in [0.1, 0.15) is 16.9 Å². The first-order chi connectivity index (χ1) is 11.5. The number of rotatable bonds is 3. The number of hydrogen-bond donors (Lipinski definition) is 2. The number of anilines is 1. The number of nitrogens with one attached hydrogen (secondary N) is 2. The Balaban J connectivity index is 2.01. The molecule has 0 radical (unpaired) electrons. The number of carbonyl (C=O) groups is 1. The summed E-state index contributed by atoms with van der Waals surface area (Å²) in [5.74, 6) is -0.00838. The first-order valence-electron chi connectivity index (χ1n) is 6.91. The van der Waals surface area contributed by atoms with E-state index < -0.39 is 5.91 Å². The second-order valence-electron chi connectivity index (χ2n) is 4.97. The smallest absolute Gasteiger partial charge is 0.261 e. The maximum atomic E-state index is 12.5. The molecule has 1 heterocycles. The fourth-order valence-corrected chi connectivity index (χ4v) is 2.80. The van der Waals surface area contributed by atoms with E-state index in [9.17, 15) is 4.79 Å². The Labute approximate surface area is 150 Å². The fourth-order valence-electron chi connectivity index (χ4n) is 2.25. The highest BCUT2D eigenvalue weighted by atomic mass is 79.9. The van der Waals surface area contributed by atoms with Crippen LogP contribution in [0.2, 0.25) is 5.02 Å². The van der Waals surface area contributed by atoms with Crippen molar-refractivity contribution in [2.75, 3.05) is 12.4 Å². The lowest BCUT2D eigenvalue weighted by Crippen LogP contribution is -2.21. The van der Waals surface area contributed by atoms with Gasteiger partial charge in [0.05, 0.1) is 12.8 Å². The highest BCUT2D eigenvalue weighted by molar-refractivity contribution is 9.10. The lowest BCUT2D eigenvalue weighted by molar-refractivity contribution is 0.102. The van der Waals surface area contributed by atoms with Crippen LogP contribution >= 0.6 is 27.5 Å². The number of hydrogen-bond acceptors (Lipinski definition) is 4. The van der Waals surface area contributed by atoms with E-state index in [1.807, 2.05) is 12.1 Å². The third kappa shape index (κ3) is 3.29. The molecule has 0 aliphatic carbocycles. The molecule has 0 saturated heterocycles. The number of ether oxygens (including phenoxy) is 1. The van der Waals surface area contributed by atoms with E-state index in [-0.39, 0.29) is 11.1 Å². The van der Waals surface area contributed by atoms with Crippen LogP contribution in [0.5, 0.6) is 5.75 Å². The molecule has 0 bridgehead atoms. The molecule has 5 nitrogen and oxygen atoms in total. The molecule has 1 aromatic heterocycles. The van der Waals surface area contributed by atoms with Crippen LogP contribution in [-0.4, -0.2) is 13.0 Å². The molecule has 0 spiro atoms. The van der Waals surface area contributed by atoms with Gasteiger partial charge in [-0.3, -0.25) is 10.2 Å². The van der Waals surface area contributed by atoms with Crippen LogP contribution in [0.3, 0.4) is 0 Å². The molecule has 7 heteroatoms. The third-order valence-corrected chi connectivity index (χ3v) is 4.11. The van der Waals surface area contributed by atoms with E-state index in [1.54, 1.807) is 30.3 Å². The predicted octanol–water partition coefficient (Wildman–Crippen LogP) is 4.59. The summed E-state index contributed by atoms with van der Waals surface area (Å²) in [7, 11) is 1.50. The summed E-state index contributed by atoms with van der Waals surface area (Å²) >= 11 is 9.34. The van der Waals surface area contributed by atoms with Crippen molar-refractivity contribution >= 4 is 50.1 Å². The normalized spacial score (nSPS) is 10.6. The molecular formula is C17H12BrClN2O3. The van der Waals surface area contributed by atoms with Gasteiger partial charge in [-0.1, -0.05) is 27.5 Å². The number of carbonyl (C=O) groups excluding carboxylic acids is 1. The summed E-state index contributed by atoms with van der Waals surface area (Å²) in [6.07, 6.45) is 0. The average molecular weight is 408 g/mol. The molecule has 122 valence electrons. The maximum Gasteiger partial charge on any atom is 0.261 e. The van der Waals surface area contributed by atoms with E-state index in [2.05, 4.69) is 21.2 Å². The Morgan fingerprint density at radius 2 is 2.04 bits per heavy atom. The molecule has 0 unspecified atom stereocenters. The van der Waals surface area contributed by atoms with Crippen LogP contribution in [0.15, 0.2) is 51.4 Å². The van der Waals surface area contributed by atoms with Gasteiger partial charge in [-0.15, -0.1) is 0 Å². The molecule has 2 aromatic carbocycles. The Bertz CT molecular complexity index is 1000. The highest BCUT2D eigenvalue weighted by Crippen LogP contribution is 2.28. The first-order valence-corrected chi connectivity index (χ1v) is 8.08. The van der Waals surface area contributed by atoms with Crippen molar-refractivity contribution in [2.45, 2.75) is 0 Å². The van der Waals surface area contributed by atoms with Gasteiger partial charge >= 0.3 is 0 Å². The van der Waals surface area contributed by atoms with Crippen LogP contribution in [-0.2, 0) is 0 Å². The second-order valence-corrected chi connectivity index (χ2v) is 6.32. The largest absolute Gasteiger partial charge is 0.495 e. The second kappa shape index (κ2) is 6.67. The molecule has 1 amide bonds. The van der Waals surface area contributed by atoms with Crippen LogP contribution in [0.4, 0.5) is 5.69 Å². The lowest BCUT2D eigenvalue weighted by Gasteiger charge is -2.11. The maximum absolute atomic E-state index is 12.5. The average Bonchev–Trinajstić information content (AvgIpc) is 2.54. The van der Waals surface area contributed by atoms with Crippen LogP contribution < -0.4 is 15.6 Å². The van der Waals surface area contributed by atoms with Gasteiger partial charge in [0.15, 0.2) is 0 Å². The van der Waals surface area contributed by atoms with E-state index in [4.69, 9.17) is 26.2 Å². The molecule has 0 aliphatic heterocycles. The fraction of sp³-hybridized carbons (Fsp3) is 0.0588. The van der Waals surface area contributed by atoms with Gasteiger partial charge in [0.2, 0.25) is 5.55 Å². The molecule has 0 saturated carbocycles. The standard InChI is InChI=1S/C17H12BrClN2O3/c1-23-15-5-3-11(19)8-13(15)21-17(22)12-7-9-6-10(18)2-4-14(9)24-16(12)20/h2-8,20H,1H3,(H,21,22). The SMILES string of the molecule is COc1ccc(Cl)cc1NC(=O)c1cc2cc(Br)ccc2oc1=N. The van der Waals surface area contributed by atoms with E-state index in [1.165, 1.54) is 7.11 Å². The molecule has 3 rings (SSSR count). The van der Waals surface area contributed by atoms with E-state index in [0.29, 0.717) is 27.4 Å². The summed E-state index contributed by atoms with van der Waals surface area (Å²) in [4.78, 5) is 12.5. The van der Waals surface area contributed by atoms with E-state index >= 15 is 0 Å². The van der Waals surface area contributed by atoms with Crippen molar-refractivity contribution < 1.29 is 13.9 Å². The zero-order valence-corrected chi connectivity index (χ0v) is 14.9. The summed E-state index contributed by atoms with van der Waals surface area (Å²) in [5.41, 5.74) is 0.842. The Kier molecular flexibility index (Phi) is 4.59. The molecular weight excluding hydrogens is 396 g/mol. The molecule has 2 N–H and O–H groups in total. The molecule has 24 heavy (non-hydrogen) atoms. The van der Waals surface area contributed by atoms with Gasteiger partial charge < -0.3 is 14.5 Å². The summed E-state index contributed by atoms with van der Waals surface area (Å²) < 4.78 is 11.5. The number of amides is 1. The van der Waals surface area contributed by atoms with Gasteiger partial charge in [-0.05, 0) is 42.5 Å². The van der Waals surface area contributed by atoms with Gasteiger partial charge in [-0.2, -0.15) is 0 Å². The zero-order chi connectivity index (χ0) is 17.3. The predicted molar refractivity (Wildman–Crippen MR) is 95.7 cm³/mol. The van der Waals surface area contributed by atoms with Gasteiger partial charge in [0, 0.05) is 14.9 Å². The monoisotopic (exact) mass is 406 g/mol. The summed E-state index contributed by atoms with van der Waals surface area (Å²) in [6, 6.07) is 11.9. The van der Waals surface area contributed by atoms with E-state index in [0.717, 1.165) is 4.47 Å². The highest BCUT2D eigenvalue weighted by Gasteiger charge is 2.14. The van der Waals surface area contributed by atoms with Crippen molar-refractivity contribution in [3.05, 3.63) is 63.1 Å². The minimum atomic E-state index is -0.480. The molecule has 0 fully saturated rings. The minimum absolute atomic E-state index is 0.114. The Morgan fingerprint density at radius 3 is 2.79 bits per heavy atom.